The molecule has 1 aromatic carbocycles. The van der Waals surface area contributed by atoms with Crippen LogP contribution in [-0.2, 0) is 11.2 Å². The highest BCUT2D eigenvalue weighted by Gasteiger charge is 2.03. The summed E-state index contributed by atoms with van der Waals surface area (Å²) in [7, 11) is 0. The smallest absolute Gasteiger partial charge is 0.251 e. The highest BCUT2D eigenvalue weighted by Crippen LogP contribution is 2.04. The third-order valence-electron chi connectivity index (χ3n) is 2.39. The zero-order valence-electron chi connectivity index (χ0n) is 10.2. The number of nitrogens with one attached hydrogen (secondary N) is 1. The van der Waals surface area contributed by atoms with Crippen molar-refractivity contribution in [1.82, 2.24) is 5.32 Å². The Balaban J connectivity index is 2.40. The van der Waals surface area contributed by atoms with E-state index in [-0.39, 0.29) is 5.91 Å². The SMILES string of the molecule is CCOCCNC(=O)c1ccc(CCN)cc1. The number of benzene rings is 1. The minimum Gasteiger partial charge on any atom is -0.380 e. The number of carbonyl (C=O) groups is 1. The zero-order chi connectivity index (χ0) is 12.5. The summed E-state index contributed by atoms with van der Waals surface area (Å²) in [5, 5.41) is 2.80. The Hall–Kier alpha value is -1.39. The second-order valence-corrected chi connectivity index (χ2v) is 3.69. The van der Waals surface area contributed by atoms with Gasteiger partial charge < -0.3 is 15.8 Å². The van der Waals surface area contributed by atoms with Crippen molar-refractivity contribution < 1.29 is 9.53 Å². The normalized spacial score (nSPS) is 10.2. The number of nitrogens with two attached hydrogens (primary N) is 1. The first kappa shape index (κ1) is 13.7. The van der Waals surface area contributed by atoms with Gasteiger partial charge in [-0.25, -0.2) is 0 Å². The van der Waals surface area contributed by atoms with Crippen molar-refractivity contribution in [3.8, 4) is 0 Å². The highest BCUT2D eigenvalue weighted by molar-refractivity contribution is 5.94. The molecule has 0 aliphatic heterocycles. The fourth-order valence-electron chi connectivity index (χ4n) is 1.47. The second kappa shape index (κ2) is 7.81. The van der Waals surface area contributed by atoms with Crippen molar-refractivity contribution in [3.05, 3.63) is 35.4 Å². The monoisotopic (exact) mass is 236 g/mol. The van der Waals surface area contributed by atoms with E-state index in [0.29, 0.717) is 31.9 Å². The Morgan fingerprint density at radius 2 is 2.06 bits per heavy atom. The van der Waals surface area contributed by atoms with Gasteiger partial charge >= 0.3 is 0 Å². The van der Waals surface area contributed by atoms with Gasteiger partial charge in [-0.2, -0.15) is 0 Å². The maximum absolute atomic E-state index is 11.7. The van der Waals surface area contributed by atoms with Gasteiger partial charge in [0.15, 0.2) is 0 Å². The summed E-state index contributed by atoms with van der Waals surface area (Å²) in [5.74, 6) is -0.0657. The van der Waals surface area contributed by atoms with E-state index >= 15 is 0 Å². The summed E-state index contributed by atoms with van der Waals surface area (Å²) in [6, 6.07) is 7.51. The molecular weight excluding hydrogens is 216 g/mol. The Bertz CT molecular complexity index is 336. The minimum absolute atomic E-state index is 0.0657. The van der Waals surface area contributed by atoms with Crippen LogP contribution in [0.1, 0.15) is 22.8 Å². The largest absolute Gasteiger partial charge is 0.380 e. The number of rotatable bonds is 7. The molecule has 0 saturated carbocycles. The molecule has 0 saturated heterocycles. The van der Waals surface area contributed by atoms with Crippen LogP contribution in [0.2, 0.25) is 0 Å². The Morgan fingerprint density at radius 3 is 2.65 bits per heavy atom. The van der Waals surface area contributed by atoms with E-state index in [0.717, 1.165) is 12.0 Å². The predicted octanol–water partition coefficient (Wildman–Crippen LogP) is 0.954. The van der Waals surface area contributed by atoms with Crippen molar-refractivity contribution >= 4 is 5.91 Å². The predicted molar refractivity (Wildman–Crippen MR) is 68.0 cm³/mol. The van der Waals surface area contributed by atoms with Gasteiger partial charge in [0.05, 0.1) is 6.61 Å². The van der Waals surface area contributed by atoms with E-state index in [1.54, 1.807) is 0 Å². The molecule has 94 valence electrons. The molecule has 4 heteroatoms. The van der Waals surface area contributed by atoms with Crippen molar-refractivity contribution in [2.24, 2.45) is 5.73 Å². The quantitative estimate of drug-likeness (QED) is 0.693. The molecule has 1 aromatic rings. The number of hydrogen-bond donors (Lipinski definition) is 2. The van der Waals surface area contributed by atoms with Gasteiger partial charge in [0.1, 0.15) is 0 Å². The van der Waals surface area contributed by atoms with Crippen molar-refractivity contribution in [3.63, 3.8) is 0 Å². The summed E-state index contributed by atoms with van der Waals surface area (Å²) >= 11 is 0. The number of carbonyl (C=O) groups excluding carboxylic acids is 1. The summed E-state index contributed by atoms with van der Waals surface area (Å²) in [4.78, 5) is 11.7. The third-order valence-corrected chi connectivity index (χ3v) is 2.39. The van der Waals surface area contributed by atoms with Crippen LogP contribution in [0.3, 0.4) is 0 Å². The molecule has 1 rings (SSSR count). The fourth-order valence-corrected chi connectivity index (χ4v) is 1.47. The van der Waals surface area contributed by atoms with Gasteiger partial charge in [0, 0.05) is 18.7 Å². The van der Waals surface area contributed by atoms with Crippen molar-refractivity contribution in [2.75, 3.05) is 26.3 Å². The molecule has 0 aromatic heterocycles. The van der Waals surface area contributed by atoms with E-state index in [2.05, 4.69) is 5.32 Å². The van der Waals surface area contributed by atoms with Gasteiger partial charge in [0.25, 0.3) is 5.91 Å². The van der Waals surface area contributed by atoms with Crippen LogP contribution < -0.4 is 11.1 Å². The minimum atomic E-state index is -0.0657. The molecule has 0 spiro atoms. The first-order chi connectivity index (χ1) is 8.27. The van der Waals surface area contributed by atoms with Crippen molar-refractivity contribution in [1.29, 1.82) is 0 Å². The molecule has 17 heavy (non-hydrogen) atoms. The molecule has 0 aliphatic rings. The maximum Gasteiger partial charge on any atom is 0.251 e. The van der Waals surface area contributed by atoms with Gasteiger partial charge in [-0.15, -0.1) is 0 Å². The molecule has 0 aliphatic carbocycles. The molecule has 0 fully saturated rings. The van der Waals surface area contributed by atoms with E-state index in [1.807, 2.05) is 31.2 Å². The molecule has 0 unspecified atom stereocenters. The Kier molecular flexibility index (Phi) is 6.29. The number of amides is 1. The van der Waals surface area contributed by atoms with Crippen LogP contribution in [0.4, 0.5) is 0 Å². The van der Waals surface area contributed by atoms with Crippen LogP contribution >= 0.6 is 0 Å². The molecule has 0 bridgehead atoms. The molecule has 4 nitrogen and oxygen atoms in total. The molecule has 3 N–H and O–H groups in total. The fraction of sp³-hybridized carbons (Fsp3) is 0.462. The third kappa shape index (κ3) is 4.97. The van der Waals surface area contributed by atoms with Crippen LogP contribution in [0.25, 0.3) is 0 Å². The topological polar surface area (TPSA) is 64.3 Å². The maximum atomic E-state index is 11.7. The average Bonchev–Trinajstić information content (AvgIpc) is 2.36. The Morgan fingerprint density at radius 1 is 1.35 bits per heavy atom. The van der Waals surface area contributed by atoms with E-state index in [1.165, 1.54) is 0 Å². The van der Waals surface area contributed by atoms with Crippen LogP contribution in [0, 0.1) is 0 Å². The van der Waals surface area contributed by atoms with Crippen LogP contribution in [0.15, 0.2) is 24.3 Å². The molecule has 1 amide bonds. The molecule has 0 atom stereocenters. The second-order valence-electron chi connectivity index (χ2n) is 3.69. The molecule has 0 radical (unpaired) electrons. The number of ether oxygens (including phenoxy) is 1. The average molecular weight is 236 g/mol. The van der Waals surface area contributed by atoms with E-state index < -0.39 is 0 Å². The van der Waals surface area contributed by atoms with E-state index in [9.17, 15) is 4.79 Å². The summed E-state index contributed by atoms with van der Waals surface area (Å²) in [6.07, 6.45) is 0.840. The van der Waals surface area contributed by atoms with Crippen LogP contribution in [-0.4, -0.2) is 32.2 Å². The standard InChI is InChI=1S/C13H20N2O2/c1-2-17-10-9-15-13(16)12-5-3-11(4-6-12)7-8-14/h3-6H,2,7-10,14H2,1H3,(H,15,16). The summed E-state index contributed by atoms with van der Waals surface area (Å²) in [6.45, 7) is 4.31. The first-order valence-corrected chi connectivity index (χ1v) is 5.93. The lowest BCUT2D eigenvalue weighted by atomic mass is 10.1. The van der Waals surface area contributed by atoms with Gasteiger partial charge in [-0.05, 0) is 37.6 Å². The van der Waals surface area contributed by atoms with Crippen LogP contribution in [0.5, 0.6) is 0 Å². The highest BCUT2D eigenvalue weighted by atomic mass is 16.5. The number of hydrogen-bond acceptors (Lipinski definition) is 3. The zero-order valence-corrected chi connectivity index (χ0v) is 10.2. The lowest BCUT2D eigenvalue weighted by Gasteiger charge is -2.06. The molecular formula is C13H20N2O2. The molecule has 0 heterocycles. The lowest BCUT2D eigenvalue weighted by Crippen LogP contribution is -2.27. The van der Waals surface area contributed by atoms with Gasteiger partial charge in [-0.1, -0.05) is 12.1 Å². The van der Waals surface area contributed by atoms with E-state index in [4.69, 9.17) is 10.5 Å². The Labute approximate surface area is 102 Å². The first-order valence-electron chi connectivity index (χ1n) is 5.93. The lowest BCUT2D eigenvalue weighted by molar-refractivity contribution is 0.0922. The van der Waals surface area contributed by atoms with Gasteiger partial charge in [-0.3, -0.25) is 4.79 Å². The summed E-state index contributed by atoms with van der Waals surface area (Å²) in [5.41, 5.74) is 7.28. The van der Waals surface area contributed by atoms with Gasteiger partial charge in [0.2, 0.25) is 0 Å². The van der Waals surface area contributed by atoms with Crippen molar-refractivity contribution in [2.45, 2.75) is 13.3 Å². The summed E-state index contributed by atoms with van der Waals surface area (Å²) < 4.78 is 5.14.